The van der Waals surface area contributed by atoms with Gasteiger partial charge in [-0.1, -0.05) is 43.7 Å². The van der Waals surface area contributed by atoms with Crippen molar-refractivity contribution in [2.24, 2.45) is 0 Å². The number of benzene rings is 2. The Bertz CT molecular complexity index is 643. The summed E-state index contributed by atoms with van der Waals surface area (Å²) in [7, 11) is 0. The van der Waals surface area contributed by atoms with E-state index in [9.17, 15) is 4.79 Å². The molecule has 0 aliphatic heterocycles. The minimum Gasteiger partial charge on any atom is -0.492 e. The smallest absolute Gasteiger partial charge is 0.251 e. The Balaban J connectivity index is 2.01. The van der Waals surface area contributed by atoms with Gasteiger partial charge in [0.1, 0.15) is 5.75 Å². The van der Waals surface area contributed by atoms with E-state index >= 15 is 0 Å². The number of halogens is 1. The molecule has 1 N–H and O–H groups in total. The molecule has 2 rings (SSSR count). The maximum atomic E-state index is 12.4. The molecule has 0 bridgehead atoms. The Morgan fingerprint density at radius 2 is 1.96 bits per heavy atom. The number of rotatable bonds is 7. The van der Waals surface area contributed by atoms with Crippen LogP contribution in [0, 0.1) is 0 Å². The zero-order valence-electron chi connectivity index (χ0n) is 13.5. The van der Waals surface area contributed by atoms with Gasteiger partial charge in [-0.05, 0) is 53.0 Å². The summed E-state index contributed by atoms with van der Waals surface area (Å²) in [4.78, 5) is 12.4. The van der Waals surface area contributed by atoms with Crippen LogP contribution in [0.2, 0.25) is 0 Å². The zero-order chi connectivity index (χ0) is 16.7. The summed E-state index contributed by atoms with van der Waals surface area (Å²) in [6.45, 7) is 4.79. The first-order valence-corrected chi connectivity index (χ1v) is 8.69. The number of carbonyl (C=O) groups is 1. The SMILES string of the molecule is CCCCOc1ccc(C(=O)NC(C)c2ccccc2)cc1Br. The molecule has 0 saturated heterocycles. The van der Waals surface area contributed by atoms with Crippen LogP contribution in [0.15, 0.2) is 53.0 Å². The topological polar surface area (TPSA) is 38.3 Å². The van der Waals surface area contributed by atoms with Crippen molar-refractivity contribution in [3.8, 4) is 5.75 Å². The van der Waals surface area contributed by atoms with E-state index in [1.165, 1.54) is 0 Å². The highest BCUT2D eigenvalue weighted by Gasteiger charge is 2.13. The number of hydrogen-bond acceptors (Lipinski definition) is 2. The molecule has 1 atom stereocenters. The van der Waals surface area contributed by atoms with E-state index in [2.05, 4.69) is 28.2 Å². The summed E-state index contributed by atoms with van der Waals surface area (Å²) in [5.41, 5.74) is 1.70. The van der Waals surface area contributed by atoms with Gasteiger partial charge in [0, 0.05) is 5.56 Å². The van der Waals surface area contributed by atoms with E-state index in [-0.39, 0.29) is 11.9 Å². The Morgan fingerprint density at radius 3 is 2.61 bits per heavy atom. The Kier molecular flexibility index (Phi) is 6.66. The normalized spacial score (nSPS) is 11.8. The van der Waals surface area contributed by atoms with Crippen molar-refractivity contribution in [3.05, 3.63) is 64.1 Å². The minimum atomic E-state index is -0.0952. The lowest BCUT2D eigenvalue weighted by molar-refractivity contribution is 0.0940. The van der Waals surface area contributed by atoms with Gasteiger partial charge < -0.3 is 10.1 Å². The maximum Gasteiger partial charge on any atom is 0.251 e. The Morgan fingerprint density at radius 1 is 1.22 bits per heavy atom. The van der Waals surface area contributed by atoms with E-state index in [0.29, 0.717) is 12.2 Å². The van der Waals surface area contributed by atoms with E-state index in [4.69, 9.17) is 4.74 Å². The molecule has 0 fully saturated rings. The van der Waals surface area contributed by atoms with Crippen LogP contribution >= 0.6 is 15.9 Å². The zero-order valence-corrected chi connectivity index (χ0v) is 15.1. The van der Waals surface area contributed by atoms with Crippen LogP contribution in [-0.2, 0) is 0 Å². The summed E-state index contributed by atoms with van der Waals surface area (Å²) in [6, 6.07) is 15.3. The van der Waals surface area contributed by atoms with Gasteiger partial charge in [-0.25, -0.2) is 0 Å². The number of hydrogen-bond donors (Lipinski definition) is 1. The Hall–Kier alpha value is -1.81. The fourth-order valence-corrected chi connectivity index (χ4v) is 2.68. The summed E-state index contributed by atoms with van der Waals surface area (Å²) in [6.07, 6.45) is 2.11. The van der Waals surface area contributed by atoms with Gasteiger partial charge in [-0.2, -0.15) is 0 Å². The first kappa shape index (κ1) is 17.5. The molecule has 2 aromatic carbocycles. The van der Waals surface area contributed by atoms with Crippen molar-refractivity contribution in [2.75, 3.05) is 6.61 Å². The van der Waals surface area contributed by atoms with Gasteiger partial charge >= 0.3 is 0 Å². The number of nitrogens with one attached hydrogen (secondary N) is 1. The van der Waals surface area contributed by atoms with Gasteiger partial charge in [0.05, 0.1) is 17.1 Å². The second-order valence-corrected chi connectivity index (χ2v) is 6.31. The second-order valence-electron chi connectivity index (χ2n) is 5.45. The van der Waals surface area contributed by atoms with E-state index in [1.807, 2.05) is 43.3 Å². The third kappa shape index (κ3) is 5.10. The molecule has 0 saturated carbocycles. The summed E-state index contributed by atoms with van der Waals surface area (Å²) >= 11 is 3.47. The largest absolute Gasteiger partial charge is 0.492 e. The molecule has 0 aliphatic rings. The van der Waals surface area contributed by atoms with Crippen LogP contribution in [0.25, 0.3) is 0 Å². The van der Waals surface area contributed by atoms with E-state index in [1.54, 1.807) is 12.1 Å². The standard InChI is InChI=1S/C19H22BrNO2/c1-3-4-12-23-18-11-10-16(13-17(18)20)19(22)21-14(2)15-8-6-5-7-9-15/h5-11,13-14H,3-4,12H2,1-2H3,(H,21,22). The van der Waals surface area contributed by atoms with Crippen molar-refractivity contribution in [1.29, 1.82) is 0 Å². The molecule has 23 heavy (non-hydrogen) atoms. The van der Waals surface area contributed by atoms with Crippen LogP contribution in [-0.4, -0.2) is 12.5 Å². The fourth-order valence-electron chi connectivity index (χ4n) is 2.19. The highest BCUT2D eigenvalue weighted by atomic mass is 79.9. The molecule has 122 valence electrons. The molecule has 0 heterocycles. The van der Waals surface area contributed by atoms with Gasteiger partial charge in [-0.3, -0.25) is 4.79 Å². The first-order valence-electron chi connectivity index (χ1n) is 7.90. The van der Waals surface area contributed by atoms with Crippen molar-refractivity contribution in [3.63, 3.8) is 0 Å². The molecule has 3 nitrogen and oxygen atoms in total. The van der Waals surface area contributed by atoms with E-state index in [0.717, 1.165) is 28.6 Å². The summed E-state index contributed by atoms with van der Waals surface area (Å²) in [5, 5.41) is 3.01. The maximum absolute atomic E-state index is 12.4. The molecule has 0 spiro atoms. The lowest BCUT2D eigenvalue weighted by Crippen LogP contribution is -2.26. The van der Waals surface area contributed by atoms with Crippen LogP contribution in [0.5, 0.6) is 5.75 Å². The molecule has 0 aliphatic carbocycles. The Labute approximate surface area is 146 Å². The molecule has 2 aromatic rings. The van der Waals surface area contributed by atoms with Gasteiger partial charge in [0.25, 0.3) is 5.91 Å². The predicted molar refractivity (Wildman–Crippen MR) is 96.9 cm³/mol. The number of ether oxygens (including phenoxy) is 1. The van der Waals surface area contributed by atoms with E-state index < -0.39 is 0 Å². The molecule has 0 aromatic heterocycles. The number of carbonyl (C=O) groups excluding carboxylic acids is 1. The second kappa shape index (κ2) is 8.73. The quantitative estimate of drug-likeness (QED) is 0.682. The van der Waals surface area contributed by atoms with Crippen molar-refractivity contribution in [1.82, 2.24) is 5.32 Å². The summed E-state index contributed by atoms with van der Waals surface area (Å²) in [5.74, 6) is 0.674. The monoisotopic (exact) mass is 375 g/mol. The minimum absolute atomic E-state index is 0.0389. The first-order chi connectivity index (χ1) is 11.1. The highest BCUT2D eigenvalue weighted by molar-refractivity contribution is 9.10. The van der Waals surface area contributed by atoms with Crippen molar-refractivity contribution >= 4 is 21.8 Å². The molecule has 0 radical (unpaired) electrons. The molecular formula is C19H22BrNO2. The summed E-state index contributed by atoms with van der Waals surface area (Å²) < 4.78 is 6.48. The van der Waals surface area contributed by atoms with Crippen LogP contribution < -0.4 is 10.1 Å². The molecule has 4 heteroatoms. The third-order valence-electron chi connectivity index (χ3n) is 3.60. The number of amides is 1. The lowest BCUT2D eigenvalue weighted by atomic mass is 10.1. The average Bonchev–Trinajstić information content (AvgIpc) is 2.57. The van der Waals surface area contributed by atoms with Gasteiger partial charge in [0.15, 0.2) is 0 Å². The van der Waals surface area contributed by atoms with Gasteiger partial charge in [-0.15, -0.1) is 0 Å². The van der Waals surface area contributed by atoms with Crippen LogP contribution in [0.1, 0.15) is 48.7 Å². The van der Waals surface area contributed by atoms with Crippen molar-refractivity contribution < 1.29 is 9.53 Å². The number of unbranched alkanes of at least 4 members (excludes halogenated alkanes) is 1. The third-order valence-corrected chi connectivity index (χ3v) is 4.22. The fraction of sp³-hybridized carbons (Fsp3) is 0.316. The van der Waals surface area contributed by atoms with Crippen LogP contribution in [0.3, 0.4) is 0 Å². The molecule has 1 amide bonds. The lowest BCUT2D eigenvalue weighted by Gasteiger charge is -2.15. The predicted octanol–water partition coefficient (Wildman–Crippen LogP) is 5.12. The van der Waals surface area contributed by atoms with Gasteiger partial charge in [0.2, 0.25) is 0 Å². The highest BCUT2D eigenvalue weighted by Crippen LogP contribution is 2.26. The molecular weight excluding hydrogens is 354 g/mol. The van der Waals surface area contributed by atoms with Crippen molar-refractivity contribution in [2.45, 2.75) is 32.7 Å². The molecule has 1 unspecified atom stereocenters. The average molecular weight is 376 g/mol. The van der Waals surface area contributed by atoms with Crippen LogP contribution in [0.4, 0.5) is 0 Å².